The molecule has 0 spiro atoms. The maximum Gasteiger partial charge on any atom is 0.341 e. The van der Waals surface area contributed by atoms with E-state index in [-0.39, 0.29) is 5.97 Å². The minimum atomic E-state index is -1.22. The first-order chi connectivity index (χ1) is 18.1. The number of aromatic nitrogens is 2. The molecule has 0 saturated carbocycles. The Hall–Kier alpha value is -3.80. The molecule has 0 radical (unpaired) electrons. The summed E-state index contributed by atoms with van der Waals surface area (Å²) in [5.41, 5.74) is 4.96. The first kappa shape index (κ1) is 23.6. The van der Waals surface area contributed by atoms with Gasteiger partial charge in [-0.15, -0.1) is 0 Å². The summed E-state index contributed by atoms with van der Waals surface area (Å²) in [7, 11) is 0. The van der Waals surface area contributed by atoms with E-state index in [4.69, 9.17) is 14.5 Å². The number of esters is 1. The van der Waals surface area contributed by atoms with Gasteiger partial charge >= 0.3 is 5.97 Å². The second kappa shape index (κ2) is 9.25. The number of piperidine rings is 1. The molecule has 1 fully saturated rings. The summed E-state index contributed by atoms with van der Waals surface area (Å²) < 4.78 is 15.1. The highest BCUT2D eigenvalue weighted by molar-refractivity contribution is 5.98. The van der Waals surface area contributed by atoms with Crippen molar-refractivity contribution >= 4 is 22.6 Å². The SMILES string of the molecule is CCOc1cc(N2CCCCC2)ccc1C1(c2c(C)n(CC)c3ccccc23)OC(=O)c2cccnc21. The van der Waals surface area contributed by atoms with Gasteiger partial charge in [-0.05, 0) is 70.4 Å². The van der Waals surface area contributed by atoms with E-state index in [0.29, 0.717) is 17.9 Å². The molecule has 0 amide bonds. The zero-order chi connectivity index (χ0) is 25.6. The molecule has 2 aliphatic rings. The molecule has 37 heavy (non-hydrogen) atoms. The van der Waals surface area contributed by atoms with Gasteiger partial charge in [0.25, 0.3) is 0 Å². The third kappa shape index (κ3) is 3.53. The molecule has 190 valence electrons. The van der Waals surface area contributed by atoms with Gasteiger partial charge in [0.05, 0.1) is 12.2 Å². The Balaban J connectivity index is 1.67. The molecule has 6 rings (SSSR count). The molecule has 1 atom stereocenters. The van der Waals surface area contributed by atoms with Gasteiger partial charge in [-0.1, -0.05) is 18.2 Å². The van der Waals surface area contributed by atoms with Crippen LogP contribution in [0.2, 0.25) is 0 Å². The highest BCUT2D eigenvalue weighted by atomic mass is 16.6. The molecule has 2 aliphatic heterocycles. The summed E-state index contributed by atoms with van der Waals surface area (Å²) in [5.74, 6) is 0.364. The Morgan fingerprint density at radius 2 is 1.84 bits per heavy atom. The lowest BCUT2D eigenvalue weighted by Gasteiger charge is -2.33. The second-order valence-corrected chi connectivity index (χ2v) is 9.85. The van der Waals surface area contributed by atoms with Gasteiger partial charge in [-0.2, -0.15) is 0 Å². The van der Waals surface area contributed by atoms with E-state index in [9.17, 15) is 4.79 Å². The minimum absolute atomic E-state index is 0.363. The predicted molar refractivity (Wildman–Crippen MR) is 146 cm³/mol. The number of para-hydroxylation sites is 1. The summed E-state index contributed by atoms with van der Waals surface area (Å²) in [6.07, 6.45) is 5.40. The van der Waals surface area contributed by atoms with Gasteiger partial charge in [-0.3, -0.25) is 4.98 Å². The Bertz CT molecular complexity index is 1480. The van der Waals surface area contributed by atoms with E-state index < -0.39 is 5.60 Å². The minimum Gasteiger partial charge on any atom is -0.493 e. The fraction of sp³-hybridized carbons (Fsp3) is 0.355. The van der Waals surface area contributed by atoms with Crippen LogP contribution in [0.1, 0.15) is 66.0 Å². The van der Waals surface area contributed by atoms with E-state index >= 15 is 0 Å². The smallest absolute Gasteiger partial charge is 0.341 e. The van der Waals surface area contributed by atoms with Crippen LogP contribution >= 0.6 is 0 Å². The molecular weight excluding hydrogens is 462 g/mol. The molecule has 0 bridgehead atoms. The molecule has 0 aliphatic carbocycles. The van der Waals surface area contributed by atoms with Crippen LogP contribution in [0.15, 0.2) is 60.8 Å². The Labute approximate surface area is 217 Å². The van der Waals surface area contributed by atoms with E-state index in [1.807, 2.05) is 19.1 Å². The number of hydrogen-bond acceptors (Lipinski definition) is 5. The third-order valence-corrected chi connectivity index (χ3v) is 7.87. The fourth-order valence-electron chi connectivity index (χ4n) is 6.29. The monoisotopic (exact) mass is 495 g/mol. The topological polar surface area (TPSA) is 56.6 Å². The van der Waals surface area contributed by atoms with Gasteiger partial charge < -0.3 is 18.9 Å². The van der Waals surface area contributed by atoms with Crippen LogP contribution in [0.3, 0.4) is 0 Å². The number of rotatable bonds is 6. The van der Waals surface area contributed by atoms with Crippen molar-refractivity contribution in [1.29, 1.82) is 0 Å². The van der Waals surface area contributed by atoms with Crippen LogP contribution in [0.25, 0.3) is 10.9 Å². The summed E-state index contributed by atoms with van der Waals surface area (Å²) in [6.45, 7) is 9.63. The van der Waals surface area contributed by atoms with Crippen LogP contribution in [0.5, 0.6) is 5.75 Å². The van der Waals surface area contributed by atoms with Gasteiger partial charge in [0, 0.05) is 65.3 Å². The van der Waals surface area contributed by atoms with Crippen molar-refractivity contribution in [2.24, 2.45) is 0 Å². The van der Waals surface area contributed by atoms with Crippen molar-refractivity contribution in [2.75, 3.05) is 24.6 Å². The number of pyridine rings is 1. The number of hydrogen-bond donors (Lipinski definition) is 0. The Morgan fingerprint density at radius 3 is 2.62 bits per heavy atom. The summed E-state index contributed by atoms with van der Waals surface area (Å²) in [5, 5.41) is 1.05. The Morgan fingerprint density at radius 1 is 1.03 bits per heavy atom. The molecule has 1 unspecified atom stereocenters. The highest BCUT2D eigenvalue weighted by Crippen LogP contribution is 2.52. The number of benzene rings is 2. The van der Waals surface area contributed by atoms with Crippen molar-refractivity contribution in [2.45, 2.75) is 52.2 Å². The number of nitrogens with zero attached hydrogens (tertiary/aromatic N) is 3. The lowest BCUT2D eigenvalue weighted by Crippen LogP contribution is -2.33. The highest BCUT2D eigenvalue weighted by Gasteiger charge is 2.54. The number of aryl methyl sites for hydroxylation is 1. The van der Waals surface area contributed by atoms with E-state index in [2.05, 4.69) is 59.7 Å². The molecule has 6 nitrogen and oxygen atoms in total. The maximum atomic E-state index is 13.4. The van der Waals surface area contributed by atoms with Crippen molar-refractivity contribution in [3.8, 4) is 5.75 Å². The number of fused-ring (bicyclic) bond motifs is 2. The standard InChI is InChI=1S/C31H33N3O3/c1-4-34-21(3)28(23-12-7-8-14-26(23)34)31(29-24(30(35)37-31)13-11-17-32-29)25-16-15-22(20-27(25)36-5-2)33-18-9-6-10-19-33/h7-8,11-17,20H,4-6,9-10,18-19H2,1-3H3. The molecule has 1 saturated heterocycles. The second-order valence-electron chi connectivity index (χ2n) is 9.85. The lowest BCUT2D eigenvalue weighted by molar-refractivity contribution is 0.0238. The average molecular weight is 496 g/mol. The molecule has 6 heteroatoms. The van der Waals surface area contributed by atoms with Gasteiger partial charge in [0.2, 0.25) is 5.60 Å². The number of anilines is 1. The largest absolute Gasteiger partial charge is 0.493 e. The molecular formula is C31H33N3O3. The summed E-state index contributed by atoms with van der Waals surface area (Å²) >= 11 is 0. The van der Waals surface area contributed by atoms with Crippen molar-refractivity contribution in [3.05, 3.63) is 88.9 Å². The fourth-order valence-corrected chi connectivity index (χ4v) is 6.29. The normalized spacial score (nSPS) is 19.2. The summed E-state index contributed by atoms with van der Waals surface area (Å²) in [6, 6.07) is 18.3. The van der Waals surface area contributed by atoms with Crippen molar-refractivity contribution in [1.82, 2.24) is 9.55 Å². The van der Waals surface area contributed by atoms with E-state index in [0.717, 1.165) is 58.8 Å². The number of carbonyl (C=O) groups excluding carboxylic acids is 1. The van der Waals surface area contributed by atoms with E-state index in [1.54, 1.807) is 12.3 Å². The average Bonchev–Trinajstić information content (AvgIpc) is 3.40. The van der Waals surface area contributed by atoms with Crippen molar-refractivity contribution < 1.29 is 14.3 Å². The Kier molecular flexibility index (Phi) is 5.90. The van der Waals surface area contributed by atoms with Gasteiger partial charge in [0.15, 0.2) is 0 Å². The van der Waals surface area contributed by atoms with Crippen LogP contribution in [-0.4, -0.2) is 35.2 Å². The predicted octanol–water partition coefficient (Wildman–Crippen LogP) is 6.22. The summed E-state index contributed by atoms with van der Waals surface area (Å²) in [4.78, 5) is 20.6. The van der Waals surface area contributed by atoms with Crippen LogP contribution in [0, 0.1) is 6.92 Å². The van der Waals surface area contributed by atoms with E-state index in [1.165, 1.54) is 19.3 Å². The first-order valence-electron chi connectivity index (χ1n) is 13.4. The molecule has 4 heterocycles. The first-order valence-corrected chi connectivity index (χ1v) is 13.4. The lowest BCUT2D eigenvalue weighted by atomic mass is 9.80. The van der Waals surface area contributed by atoms with Crippen LogP contribution in [0.4, 0.5) is 5.69 Å². The van der Waals surface area contributed by atoms with Gasteiger partial charge in [0.1, 0.15) is 11.4 Å². The van der Waals surface area contributed by atoms with Crippen LogP contribution < -0.4 is 9.64 Å². The zero-order valence-corrected chi connectivity index (χ0v) is 21.8. The maximum absolute atomic E-state index is 13.4. The number of cyclic esters (lactones) is 1. The zero-order valence-electron chi connectivity index (χ0n) is 21.8. The number of carbonyl (C=O) groups is 1. The van der Waals surface area contributed by atoms with Gasteiger partial charge in [-0.25, -0.2) is 4.79 Å². The molecule has 4 aromatic rings. The molecule has 0 N–H and O–H groups in total. The van der Waals surface area contributed by atoms with Crippen molar-refractivity contribution in [3.63, 3.8) is 0 Å². The van der Waals surface area contributed by atoms with Crippen LogP contribution in [-0.2, 0) is 16.9 Å². The quantitative estimate of drug-likeness (QED) is 0.298. The molecule has 2 aromatic heterocycles. The number of ether oxygens (including phenoxy) is 2. The third-order valence-electron chi connectivity index (χ3n) is 7.87. The molecule has 2 aromatic carbocycles.